The third-order valence-corrected chi connectivity index (χ3v) is 2.57. The highest BCUT2D eigenvalue weighted by Crippen LogP contribution is 2.17. The molecule has 0 aromatic heterocycles. The number of hydroxylamine groups is 1. The molecule has 1 unspecified atom stereocenters. The van der Waals surface area contributed by atoms with Crippen molar-refractivity contribution in [2.75, 3.05) is 0 Å². The van der Waals surface area contributed by atoms with Crippen LogP contribution in [0, 0.1) is 13.8 Å². The normalized spacial score (nSPS) is 13.9. The van der Waals surface area contributed by atoms with E-state index in [4.69, 9.17) is 4.84 Å². The zero-order valence-corrected chi connectivity index (χ0v) is 11.2. The van der Waals surface area contributed by atoms with E-state index in [0.29, 0.717) is 0 Å². The van der Waals surface area contributed by atoms with E-state index in [0.717, 1.165) is 0 Å². The summed E-state index contributed by atoms with van der Waals surface area (Å²) in [5, 5.41) is 0. The first-order valence-electron chi connectivity index (χ1n) is 5.80. The van der Waals surface area contributed by atoms with Gasteiger partial charge < -0.3 is 0 Å². The van der Waals surface area contributed by atoms with Gasteiger partial charge in [0.15, 0.2) is 0 Å². The van der Waals surface area contributed by atoms with Crippen LogP contribution in [0.2, 0.25) is 0 Å². The standard InChI is InChI=1S/C14H23NO/c1-10-7-8-13(9-11(10)2)12(3)15-16-14(4,5)6/h7-9,12,15H,1-6H3. The summed E-state index contributed by atoms with van der Waals surface area (Å²) in [5.41, 5.74) is 6.83. The molecular formula is C14H23NO. The third-order valence-electron chi connectivity index (χ3n) is 2.57. The molecule has 0 bridgehead atoms. The zero-order valence-electron chi connectivity index (χ0n) is 11.2. The Bertz CT molecular complexity index is 352. The van der Waals surface area contributed by atoms with Crippen molar-refractivity contribution in [1.29, 1.82) is 0 Å². The summed E-state index contributed by atoms with van der Waals surface area (Å²) in [5.74, 6) is 0. The minimum Gasteiger partial charge on any atom is -0.296 e. The number of aryl methyl sites for hydroxylation is 2. The van der Waals surface area contributed by atoms with Gasteiger partial charge in [0.25, 0.3) is 0 Å². The van der Waals surface area contributed by atoms with Crippen molar-refractivity contribution >= 4 is 0 Å². The lowest BCUT2D eigenvalue weighted by Gasteiger charge is -2.23. The molecule has 90 valence electrons. The molecule has 16 heavy (non-hydrogen) atoms. The molecule has 0 heterocycles. The van der Waals surface area contributed by atoms with Crippen LogP contribution < -0.4 is 5.48 Å². The average Bonchev–Trinajstić information content (AvgIpc) is 2.17. The Labute approximate surface area is 99.0 Å². The second-order valence-electron chi connectivity index (χ2n) is 5.40. The molecule has 0 amide bonds. The molecule has 1 atom stereocenters. The molecule has 0 aliphatic heterocycles. The predicted octanol–water partition coefficient (Wildman–Crippen LogP) is 3.68. The predicted molar refractivity (Wildman–Crippen MR) is 68.3 cm³/mol. The quantitative estimate of drug-likeness (QED) is 0.786. The van der Waals surface area contributed by atoms with Gasteiger partial charge in [-0.05, 0) is 58.2 Å². The minimum absolute atomic E-state index is 0.159. The summed E-state index contributed by atoms with van der Waals surface area (Å²) >= 11 is 0. The molecule has 0 saturated carbocycles. The van der Waals surface area contributed by atoms with Crippen molar-refractivity contribution in [2.24, 2.45) is 0 Å². The Hall–Kier alpha value is -0.860. The zero-order chi connectivity index (χ0) is 12.3. The highest BCUT2D eigenvalue weighted by atomic mass is 16.7. The Morgan fingerprint density at radius 1 is 1.12 bits per heavy atom. The van der Waals surface area contributed by atoms with Crippen molar-refractivity contribution in [2.45, 2.75) is 53.2 Å². The third kappa shape index (κ3) is 3.95. The molecular weight excluding hydrogens is 198 g/mol. The summed E-state index contributed by atoms with van der Waals surface area (Å²) in [6, 6.07) is 6.71. The first kappa shape index (κ1) is 13.2. The molecule has 0 aliphatic rings. The molecule has 2 nitrogen and oxygen atoms in total. The molecule has 1 aromatic rings. The lowest BCUT2D eigenvalue weighted by atomic mass is 10.0. The molecule has 0 spiro atoms. The second-order valence-corrected chi connectivity index (χ2v) is 5.40. The van der Waals surface area contributed by atoms with E-state index in [2.05, 4.69) is 44.5 Å². The minimum atomic E-state index is -0.159. The van der Waals surface area contributed by atoms with Gasteiger partial charge in [-0.1, -0.05) is 18.2 Å². The summed E-state index contributed by atoms with van der Waals surface area (Å²) in [6.07, 6.45) is 0. The first-order chi connectivity index (χ1) is 7.29. The Morgan fingerprint density at radius 3 is 2.25 bits per heavy atom. The fourth-order valence-corrected chi connectivity index (χ4v) is 1.37. The molecule has 0 fully saturated rings. The van der Waals surface area contributed by atoms with Gasteiger partial charge in [0.2, 0.25) is 0 Å². The molecule has 1 aromatic carbocycles. The summed E-state index contributed by atoms with van der Waals surface area (Å²) in [4.78, 5) is 5.57. The Kier molecular flexibility index (Phi) is 4.11. The molecule has 2 heteroatoms. The number of nitrogens with one attached hydrogen (secondary N) is 1. The number of hydrogen-bond donors (Lipinski definition) is 1. The largest absolute Gasteiger partial charge is 0.296 e. The number of benzene rings is 1. The van der Waals surface area contributed by atoms with Crippen LogP contribution in [-0.2, 0) is 4.84 Å². The van der Waals surface area contributed by atoms with E-state index < -0.39 is 0 Å². The van der Waals surface area contributed by atoms with Crippen molar-refractivity contribution in [1.82, 2.24) is 5.48 Å². The number of rotatable bonds is 3. The van der Waals surface area contributed by atoms with Crippen molar-refractivity contribution in [3.8, 4) is 0 Å². The maximum atomic E-state index is 5.57. The molecule has 0 radical (unpaired) electrons. The molecule has 1 N–H and O–H groups in total. The maximum Gasteiger partial charge on any atom is 0.0813 e. The van der Waals surface area contributed by atoms with Gasteiger partial charge in [0, 0.05) is 0 Å². The topological polar surface area (TPSA) is 21.3 Å². The monoisotopic (exact) mass is 221 g/mol. The van der Waals surface area contributed by atoms with Crippen LogP contribution in [0.3, 0.4) is 0 Å². The Balaban J connectivity index is 2.66. The second kappa shape index (κ2) is 4.98. The van der Waals surface area contributed by atoms with Crippen molar-refractivity contribution < 1.29 is 4.84 Å². The van der Waals surface area contributed by atoms with Crippen molar-refractivity contribution in [3.05, 3.63) is 34.9 Å². The van der Waals surface area contributed by atoms with Gasteiger partial charge in [-0.2, -0.15) is 5.48 Å². The van der Waals surface area contributed by atoms with E-state index in [1.165, 1.54) is 16.7 Å². The maximum absolute atomic E-state index is 5.57. The lowest BCUT2D eigenvalue weighted by molar-refractivity contribution is -0.0866. The van der Waals surface area contributed by atoms with Crippen LogP contribution in [0.1, 0.15) is 50.4 Å². The molecule has 1 rings (SSSR count). The van der Waals surface area contributed by atoms with E-state index in [1.54, 1.807) is 0 Å². The van der Waals surface area contributed by atoms with Gasteiger partial charge >= 0.3 is 0 Å². The van der Waals surface area contributed by atoms with Crippen molar-refractivity contribution in [3.63, 3.8) is 0 Å². The van der Waals surface area contributed by atoms with E-state index in [-0.39, 0.29) is 11.6 Å². The highest BCUT2D eigenvalue weighted by Gasteiger charge is 2.13. The van der Waals surface area contributed by atoms with Gasteiger partial charge in [-0.15, -0.1) is 0 Å². The van der Waals surface area contributed by atoms with Gasteiger partial charge in [-0.25, -0.2) is 0 Å². The van der Waals surface area contributed by atoms with Gasteiger partial charge in [-0.3, -0.25) is 4.84 Å². The average molecular weight is 221 g/mol. The van der Waals surface area contributed by atoms with Crippen LogP contribution in [0.25, 0.3) is 0 Å². The van der Waals surface area contributed by atoms with Crippen LogP contribution in [-0.4, -0.2) is 5.60 Å². The van der Waals surface area contributed by atoms with Gasteiger partial charge in [0.05, 0.1) is 11.6 Å². The van der Waals surface area contributed by atoms with Gasteiger partial charge in [0.1, 0.15) is 0 Å². The molecule has 0 aliphatic carbocycles. The summed E-state index contributed by atoms with van der Waals surface area (Å²) < 4.78 is 0. The highest BCUT2D eigenvalue weighted by molar-refractivity contribution is 5.31. The Morgan fingerprint density at radius 2 is 1.75 bits per heavy atom. The first-order valence-corrected chi connectivity index (χ1v) is 5.80. The fraction of sp³-hybridized carbons (Fsp3) is 0.571. The van der Waals surface area contributed by atoms with Crippen LogP contribution in [0.4, 0.5) is 0 Å². The number of hydrogen-bond acceptors (Lipinski definition) is 2. The fourth-order valence-electron chi connectivity index (χ4n) is 1.37. The summed E-state index contributed by atoms with van der Waals surface area (Å²) in [7, 11) is 0. The van der Waals surface area contributed by atoms with Crippen LogP contribution in [0.15, 0.2) is 18.2 Å². The molecule has 0 saturated heterocycles. The summed E-state index contributed by atoms with van der Waals surface area (Å²) in [6.45, 7) is 12.5. The SMILES string of the molecule is Cc1ccc(C(C)NOC(C)(C)C)cc1C. The van der Waals surface area contributed by atoms with Crippen LogP contribution >= 0.6 is 0 Å². The van der Waals surface area contributed by atoms with Crippen LogP contribution in [0.5, 0.6) is 0 Å². The van der Waals surface area contributed by atoms with E-state index in [9.17, 15) is 0 Å². The lowest BCUT2D eigenvalue weighted by Crippen LogP contribution is -2.31. The van der Waals surface area contributed by atoms with E-state index >= 15 is 0 Å². The van der Waals surface area contributed by atoms with E-state index in [1.807, 2.05) is 20.8 Å². The smallest absolute Gasteiger partial charge is 0.0813 e.